The van der Waals surface area contributed by atoms with Crippen LogP contribution in [0.25, 0.3) is 0 Å². The molecule has 3 atom stereocenters. The second-order valence-corrected chi connectivity index (χ2v) is 10.6. The third kappa shape index (κ3) is 6.77. The smallest absolute Gasteiger partial charge is 0.304 e. The maximum absolute atomic E-state index is 11.7. The van der Waals surface area contributed by atoms with Gasteiger partial charge in [-0.3, -0.25) is 4.79 Å². The molecular weight excluding hydrogens is 454 g/mol. The van der Waals surface area contributed by atoms with Crippen molar-refractivity contribution in [2.75, 3.05) is 44.7 Å². The molecule has 3 aliphatic rings. The zero-order valence-electron chi connectivity index (χ0n) is 21.2. The zero-order chi connectivity index (χ0) is 24.7. The first kappa shape index (κ1) is 25.0. The van der Waals surface area contributed by atoms with Gasteiger partial charge in [0.15, 0.2) is 0 Å². The lowest BCUT2D eigenvalue weighted by molar-refractivity contribution is -0.137. The fourth-order valence-electron chi connectivity index (χ4n) is 5.81. The van der Waals surface area contributed by atoms with Crippen molar-refractivity contribution in [1.82, 2.24) is 9.88 Å². The number of aromatic nitrogens is 1. The van der Waals surface area contributed by atoms with E-state index in [0.717, 1.165) is 88.4 Å². The molecule has 2 aromatic rings. The minimum Gasteiger partial charge on any atom is -0.491 e. The molecule has 4 heterocycles. The van der Waals surface area contributed by atoms with Crippen LogP contribution in [0.15, 0.2) is 36.4 Å². The van der Waals surface area contributed by atoms with Crippen molar-refractivity contribution in [2.24, 2.45) is 5.92 Å². The highest BCUT2D eigenvalue weighted by molar-refractivity contribution is 5.68. The first-order valence-corrected chi connectivity index (χ1v) is 13.6. The van der Waals surface area contributed by atoms with E-state index in [1.165, 1.54) is 17.7 Å². The predicted molar refractivity (Wildman–Crippen MR) is 140 cm³/mol. The van der Waals surface area contributed by atoms with Crippen molar-refractivity contribution in [3.8, 4) is 5.75 Å². The number of nitrogens with zero attached hydrogens (tertiary/aromatic N) is 2. The lowest BCUT2D eigenvalue weighted by Gasteiger charge is -2.24. The Bertz CT molecular complexity index is 1020. The van der Waals surface area contributed by atoms with Crippen LogP contribution in [0.2, 0.25) is 0 Å². The van der Waals surface area contributed by atoms with Gasteiger partial charge in [0.1, 0.15) is 18.2 Å². The van der Waals surface area contributed by atoms with Gasteiger partial charge in [0, 0.05) is 37.9 Å². The zero-order valence-corrected chi connectivity index (χ0v) is 21.2. The van der Waals surface area contributed by atoms with Gasteiger partial charge in [0.05, 0.1) is 12.5 Å². The maximum atomic E-state index is 11.7. The number of aliphatic carboxylic acids is 1. The van der Waals surface area contributed by atoms with E-state index in [0.29, 0.717) is 12.5 Å². The molecule has 7 heteroatoms. The van der Waals surface area contributed by atoms with Crippen molar-refractivity contribution < 1.29 is 19.4 Å². The number of anilines is 1. The molecule has 5 rings (SSSR count). The number of nitrogens with one attached hydrogen (secondary N) is 1. The molecule has 0 saturated carbocycles. The molecule has 0 aliphatic carbocycles. The highest BCUT2D eigenvalue weighted by Gasteiger charge is 2.27. The quantitative estimate of drug-likeness (QED) is 0.476. The molecule has 0 bridgehead atoms. The Hall–Kier alpha value is -2.64. The minimum absolute atomic E-state index is 0.0547. The standard InChI is InChI=1S/C29H39N3O4/c33-28(34)17-24(23-4-1-6-26(16-23)36-20-27-7-3-15-35-27)19-32-14-12-21(18-32)8-10-25-11-9-22-5-2-13-30-29(22)31-25/h1,4,6,9,11,16,21,24,27H,2-3,5,7-8,10,12-15,17-20H2,(H,30,31)(H,33,34)/t21-,24-,27?/m1/s1. The third-order valence-electron chi connectivity index (χ3n) is 7.82. The Morgan fingerprint density at radius 2 is 2.19 bits per heavy atom. The van der Waals surface area contributed by atoms with E-state index < -0.39 is 5.97 Å². The third-order valence-corrected chi connectivity index (χ3v) is 7.82. The van der Waals surface area contributed by atoms with Gasteiger partial charge in [0.2, 0.25) is 0 Å². The summed E-state index contributed by atoms with van der Waals surface area (Å²) in [6.45, 7) is 5.19. The molecule has 7 nitrogen and oxygen atoms in total. The van der Waals surface area contributed by atoms with Crippen molar-refractivity contribution in [3.05, 3.63) is 53.2 Å². The molecule has 36 heavy (non-hydrogen) atoms. The summed E-state index contributed by atoms with van der Waals surface area (Å²) in [4.78, 5) is 19.0. The van der Waals surface area contributed by atoms with Gasteiger partial charge in [-0.25, -0.2) is 4.98 Å². The molecule has 2 N–H and O–H groups in total. The van der Waals surface area contributed by atoms with Gasteiger partial charge in [-0.15, -0.1) is 0 Å². The van der Waals surface area contributed by atoms with E-state index in [1.807, 2.05) is 24.3 Å². The lowest BCUT2D eigenvalue weighted by Crippen LogP contribution is -2.28. The van der Waals surface area contributed by atoms with Crippen LogP contribution in [-0.4, -0.2) is 66.5 Å². The normalized spacial score (nSPS) is 22.7. The van der Waals surface area contributed by atoms with Gasteiger partial charge in [-0.05, 0) is 86.7 Å². The summed E-state index contributed by atoms with van der Waals surface area (Å²) in [6, 6.07) is 12.4. The summed E-state index contributed by atoms with van der Waals surface area (Å²) in [5.74, 6) is 1.69. The highest BCUT2D eigenvalue weighted by atomic mass is 16.5. The number of aryl methyl sites for hydroxylation is 2. The Kier molecular flexibility index (Phi) is 8.39. The fourth-order valence-corrected chi connectivity index (χ4v) is 5.81. The number of benzene rings is 1. The minimum atomic E-state index is -0.756. The largest absolute Gasteiger partial charge is 0.491 e. The second-order valence-electron chi connectivity index (χ2n) is 10.6. The van der Waals surface area contributed by atoms with Gasteiger partial charge in [-0.1, -0.05) is 18.2 Å². The Labute approximate surface area is 214 Å². The van der Waals surface area contributed by atoms with Crippen molar-refractivity contribution in [1.29, 1.82) is 0 Å². The van der Waals surface area contributed by atoms with Crippen molar-refractivity contribution in [2.45, 2.75) is 63.4 Å². The number of rotatable bonds is 11. The van der Waals surface area contributed by atoms with Gasteiger partial charge in [0.25, 0.3) is 0 Å². The Balaban J connectivity index is 1.14. The van der Waals surface area contributed by atoms with Crippen LogP contribution in [0.4, 0.5) is 5.82 Å². The molecular formula is C29H39N3O4. The summed E-state index contributed by atoms with van der Waals surface area (Å²) in [6.07, 6.45) is 8.00. The number of fused-ring (bicyclic) bond motifs is 1. The molecule has 1 aromatic heterocycles. The van der Waals surface area contributed by atoms with Crippen LogP contribution < -0.4 is 10.1 Å². The van der Waals surface area contributed by atoms with E-state index >= 15 is 0 Å². The van der Waals surface area contributed by atoms with Crippen molar-refractivity contribution >= 4 is 11.8 Å². The summed E-state index contributed by atoms with van der Waals surface area (Å²) >= 11 is 0. The average molecular weight is 494 g/mol. The van der Waals surface area contributed by atoms with E-state index in [1.54, 1.807) is 0 Å². The molecule has 1 unspecified atom stereocenters. The predicted octanol–water partition coefficient (Wildman–Crippen LogP) is 4.51. The fraction of sp³-hybridized carbons (Fsp3) is 0.586. The average Bonchev–Trinajstić information content (AvgIpc) is 3.58. The Morgan fingerprint density at radius 3 is 3.06 bits per heavy atom. The van der Waals surface area contributed by atoms with E-state index in [-0.39, 0.29) is 18.4 Å². The molecule has 3 aliphatic heterocycles. The van der Waals surface area contributed by atoms with Crippen molar-refractivity contribution in [3.63, 3.8) is 0 Å². The summed E-state index contributed by atoms with van der Waals surface area (Å²) in [5, 5.41) is 13.0. The summed E-state index contributed by atoms with van der Waals surface area (Å²) in [7, 11) is 0. The van der Waals surface area contributed by atoms with Crippen LogP contribution in [-0.2, 0) is 22.4 Å². The first-order valence-electron chi connectivity index (χ1n) is 13.6. The number of carboxylic acids is 1. The Morgan fingerprint density at radius 1 is 1.25 bits per heavy atom. The number of carboxylic acid groups (broad SMARTS) is 1. The van der Waals surface area contributed by atoms with Crippen LogP contribution >= 0.6 is 0 Å². The number of hydrogen-bond acceptors (Lipinski definition) is 6. The van der Waals surface area contributed by atoms with Crippen LogP contribution in [0.3, 0.4) is 0 Å². The second kappa shape index (κ2) is 12.1. The van der Waals surface area contributed by atoms with Gasteiger partial charge >= 0.3 is 5.97 Å². The molecule has 2 saturated heterocycles. The molecule has 2 fully saturated rings. The molecule has 1 aromatic carbocycles. The molecule has 0 amide bonds. The van der Waals surface area contributed by atoms with E-state index in [2.05, 4.69) is 22.3 Å². The number of carbonyl (C=O) groups is 1. The molecule has 0 spiro atoms. The van der Waals surface area contributed by atoms with Crippen LogP contribution in [0, 0.1) is 5.92 Å². The monoisotopic (exact) mass is 493 g/mol. The summed E-state index contributed by atoms with van der Waals surface area (Å²) < 4.78 is 11.6. The number of hydrogen-bond donors (Lipinski definition) is 2. The molecule has 194 valence electrons. The highest BCUT2D eigenvalue weighted by Crippen LogP contribution is 2.29. The first-order chi connectivity index (χ1) is 17.6. The number of ether oxygens (including phenoxy) is 2. The van der Waals surface area contributed by atoms with E-state index in [9.17, 15) is 9.90 Å². The number of likely N-dealkylation sites (tertiary alicyclic amines) is 1. The lowest BCUT2D eigenvalue weighted by atomic mass is 9.94. The van der Waals surface area contributed by atoms with Crippen LogP contribution in [0.5, 0.6) is 5.75 Å². The summed E-state index contributed by atoms with van der Waals surface area (Å²) in [5.41, 5.74) is 3.55. The van der Waals surface area contributed by atoms with Crippen LogP contribution in [0.1, 0.15) is 61.3 Å². The topological polar surface area (TPSA) is 83.9 Å². The number of pyridine rings is 1. The van der Waals surface area contributed by atoms with Gasteiger partial charge < -0.3 is 24.8 Å². The SMILES string of the molecule is O=C(O)C[C@H](CN1CC[C@@H](CCc2ccc3c(n2)NCCC3)C1)c1cccc(OCC2CCCO2)c1. The molecule has 0 radical (unpaired) electrons. The maximum Gasteiger partial charge on any atom is 0.304 e. The van der Waals surface area contributed by atoms with E-state index in [4.69, 9.17) is 14.5 Å². The van der Waals surface area contributed by atoms with Gasteiger partial charge in [-0.2, -0.15) is 0 Å².